The fourth-order valence-corrected chi connectivity index (χ4v) is 4.98. The Morgan fingerprint density at radius 3 is 2.67 bits per heavy atom. The molecule has 0 saturated carbocycles. The van der Waals surface area contributed by atoms with E-state index in [2.05, 4.69) is 10.1 Å². The van der Waals surface area contributed by atoms with E-state index in [4.69, 9.17) is 20.9 Å². The number of likely N-dealkylation sites (tertiary alicyclic amines) is 1. The molecule has 1 N–H and O–H groups in total. The highest BCUT2D eigenvalue weighted by atomic mass is 35.5. The first-order valence-electron chi connectivity index (χ1n) is 12.7. The Morgan fingerprint density at radius 2 is 1.97 bits per heavy atom. The number of alkyl halides is 1. The summed E-state index contributed by atoms with van der Waals surface area (Å²) in [5.41, 5.74) is 1.41. The van der Waals surface area contributed by atoms with Gasteiger partial charge < -0.3 is 14.4 Å². The molecule has 0 radical (unpaired) electrons. The number of phenolic OH excluding ortho intramolecular Hbond substituents is 1. The topological polar surface area (TPSA) is 75.8 Å². The molecule has 1 aliphatic rings. The first-order valence-corrected chi connectivity index (χ1v) is 13.0. The second-order valence-corrected chi connectivity index (χ2v) is 10.1. The number of ether oxygens (including phenoxy) is 1. The highest BCUT2D eigenvalue weighted by Crippen LogP contribution is 2.37. The Bertz CT molecular complexity index is 1470. The predicted octanol–water partition coefficient (Wildman–Crippen LogP) is 6.80. The van der Waals surface area contributed by atoms with Gasteiger partial charge in [0.05, 0.1) is 17.3 Å². The summed E-state index contributed by atoms with van der Waals surface area (Å²) >= 11 is 6.40. The van der Waals surface area contributed by atoms with Gasteiger partial charge in [0.1, 0.15) is 18.1 Å². The van der Waals surface area contributed by atoms with Gasteiger partial charge in [0.15, 0.2) is 23.1 Å². The number of halogens is 3. The number of phenols is 1. The molecule has 6 nitrogen and oxygen atoms in total. The molecule has 1 aromatic heterocycles. The lowest BCUT2D eigenvalue weighted by atomic mass is 9.95. The lowest BCUT2D eigenvalue weighted by Crippen LogP contribution is -2.35. The number of aromatic nitrogens is 1. The molecule has 0 bridgehead atoms. The third kappa shape index (κ3) is 5.67. The summed E-state index contributed by atoms with van der Waals surface area (Å²) in [6.45, 7) is 3.30. The number of carbonyl (C=O) groups is 1. The lowest BCUT2D eigenvalue weighted by Gasteiger charge is -2.24. The van der Waals surface area contributed by atoms with E-state index in [1.807, 2.05) is 6.92 Å². The van der Waals surface area contributed by atoms with Crippen LogP contribution in [0.4, 0.5) is 8.78 Å². The summed E-state index contributed by atoms with van der Waals surface area (Å²) in [5.74, 6) is -0.914. The molecule has 2 heterocycles. The largest absolute Gasteiger partial charge is 0.508 e. The normalized spacial score (nSPS) is 16.4. The molecule has 0 unspecified atom stereocenters. The van der Waals surface area contributed by atoms with Crippen molar-refractivity contribution in [3.8, 4) is 34.1 Å². The molecule has 5 rings (SSSR count). The molecule has 1 aliphatic heterocycles. The molecule has 0 aliphatic carbocycles. The molecular weight excluding hydrogens is 526 g/mol. The minimum atomic E-state index is -0.682. The van der Waals surface area contributed by atoms with E-state index >= 15 is 4.39 Å². The second-order valence-electron chi connectivity index (χ2n) is 9.70. The smallest absolute Gasteiger partial charge is 0.199 e. The molecule has 1 fully saturated rings. The fraction of sp³-hybridized carbons (Fsp3) is 0.267. The standard InChI is InChI=1S/C30H27ClF2N2O4/c1-18(35-13-12-19(15-32)16-35)17-38-26-11-8-21(14-25(26)33)29(37)27-28(23-4-2-3-5-24(23)31)34-39-30(27)20-6-9-22(36)10-7-20/h2-11,14,18-19,36H,12-13,15-17H2,1H3/t18-,19-/m0/s1. The number of rotatable bonds is 9. The maximum atomic E-state index is 15.1. The first kappa shape index (κ1) is 26.8. The van der Waals surface area contributed by atoms with Crippen molar-refractivity contribution in [1.29, 1.82) is 0 Å². The van der Waals surface area contributed by atoms with Gasteiger partial charge in [-0.3, -0.25) is 14.1 Å². The Morgan fingerprint density at radius 1 is 1.21 bits per heavy atom. The summed E-state index contributed by atoms with van der Waals surface area (Å²) in [7, 11) is 0. The first-order chi connectivity index (χ1) is 18.9. The van der Waals surface area contributed by atoms with Crippen LogP contribution in [0.5, 0.6) is 11.5 Å². The molecule has 4 aromatic rings. The van der Waals surface area contributed by atoms with Gasteiger partial charge in [-0.25, -0.2) is 4.39 Å². The number of aromatic hydroxyl groups is 1. The zero-order valence-electron chi connectivity index (χ0n) is 21.2. The number of benzene rings is 3. The van der Waals surface area contributed by atoms with Crippen molar-refractivity contribution in [3.05, 3.63) is 88.7 Å². The molecule has 0 spiro atoms. The zero-order valence-corrected chi connectivity index (χ0v) is 22.0. The van der Waals surface area contributed by atoms with E-state index in [0.717, 1.165) is 19.0 Å². The van der Waals surface area contributed by atoms with Crippen LogP contribution < -0.4 is 4.74 Å². The number of hydrogen-bond acceptors (Lipinski definition) is 6. The maximum absolute atomic E-state index is 15.1. The van der Waals surface area contributed by atoms with Crippen LogP contribution in [0.25, 0.3) is 22.6 Å². The van der Waals surface area contributed by atoms with Crippen LogP contribution in [0.3, 0.4) is 0 Å². The van der Waals surface area contributed by atoms with Crippen molar-refractivity contribution in [2.75, 3.05) is 26.4 Å². The van der Waals surface area contributed by atoms with Crippen molar-refractivity contribution in [1.82, 2.24) is 10.1 Å². The highest BCUT2D eigenvalue weighted by molar-refractivity contribution is 6.33. The third-order valence-electron chi connectivity index (χ3n) is 7.01. The van der Waals surface area contributed by atoms with Crippen molar-refractivity contribution in [2.45, 2.75) is 19.4 Å². The molecule has 2 atom stereocenters. The van der Waals surface area contributed by atoms with Crippen LogP contribution in [0, 0.1) is 11.7 Å². The zero-order chi connectivity index (χ0) is 27.5. The number of ketones is 1. The SMILES string of the molecule is C[C@@H](COc1ccc(C(=O)c2c(-c3ccccc3Cl)noc2-c2ccc(O)cc2)cc1F)N1CC[C@@H](CF)C1. The second kappa shape index (κ2) is 11.6. The summed E-state index contributed by atoms with van der Waals surface area (Å²) in [6.07, 6.45) is 0.803. The summed E-state index contributed by atoms with van der Waals surface area (Å²) < 4.78 is 39.4. The average molecular weight is 553 g/mol. The van der Waals surface area contributed by atoms with Gasteiger partial charge >= 0.3 is 0 Å². The fourth-order valence-electron chi connectivity index (χ4n) is 4.76. The van der Waals surface area contributed by atoms with Crippen molar-refractivity contribution in [2.24, 2.45) is 5.92 Å². The van der Waals surface area contributed by atoms with Crippen LogP contribution in [-0.4, -0.2) is 53.4 Å². The summed E-state index contributed by atoms with van der Waals surface area (Å²) in [4.78, 5) is 15.9. The molecule has 9 heteroatoms. The minimum absolute atomic E-state index is 0.00897. The summed E-state index contributed by atoms with van der Waals surface area (Å²) in [6, 6.07) is 17.1. The van der Waals surface area contributed by atoms with Crippen LogP contribution in [0.2, 0.25) is 5.02 Å². The van der Waals surface area contributed by atoms with Gasteiger partial charge in [0.25, 0.3) is 0 Å². The Balaban J connectivity index is 1.43. The number of hydrogen-bond donors (Lipinski definition) is 1. The van der Waals surface area contributed by atoms with E-state index in [9.17, 15) is 14.3 Å². The highest BCUT2D eigenvalue weighted by Gasteiger charge is 2.29. The molecule has 202 valence electrons. The number of carbonyl (C=O) groups excluding carboxylic acids is 1. The van der Waals surface area contributed by atoms with E-state index in [1.165, 1.54) is 24.3 Å². The average Bonchev–Trinajstić information content (AvgIpc) is 3.60. The molecular formula is C30H27ClF2N2O4. The minimum Gasteiger partial charge on any atom is -0.508 e. The van der Waals surface area contributed by atoms with Gasteiger partial charge in [-0.15, -0.1) is 0 Å². The third-order valence-corrected chi connectivity index (χ3v) is 7.34. The Kier molecular flexibility index (Phi) is 7.95. The maximum Gasteiger partial charge on any atom is 0.199 e. The quantitative estimate of drug-likeness (QED) is 0.230. The number of nitrogens with zero attached hydrogens (tertiary/aromatic N) is 2. The van der Waals surface area contributed by atoms with Gasteiger partial charge in [0.2, 0.25) is 0 Å². The lowest BCUT2D eigenvalue weighted by molar-refractivity contribution is 0.103. The van der Waals surface area contributed by atoms with Crippen molar-refractivity contribution >= 4 is 17.4 Å². The predicted molar refractivity (Wildman–Crippen MR) is 144 cm³/mol. The van der Waals surface area contributed by atoms with Crippen molar-refractivity contribution in [3.63, 3.8) is 0 Å². The van der Waals surface area contributed by atoms with Crippen molar-refractivity contribution < 1.29 is 27.9 Å². The molecule has 1 saturated heterocycles. The van der Waals surface area contributed by atoms with Crippen LogP contribution in [0.15, 0.2) is 71.3 Å². The van der Waals surface area contributed by atoms with E-state index in [1.54, 1.807) is 36.4 Å². The van der Waals surface area contributed by atoms with Gasteiger partial charge in [-0.05, 0) is 68.4 Å². The van der Waals surface area contributed by atoms with Gasteiger partial charge in [0, 0.05) is 35.2 Å². The van der Waals surface area contributed by atoms with Gasteiger partial charge in [-0.2, -0.15) is 0 Å². The Hall–Kier alpha value is -3.75. The van der Waals surface area contributed by atoms with E-state index < -0.39 is 11.6 Å². The summed E-state index contributed by atoms with van der Waals surface area (Å²) in [5, 5.41) is 14.2. The monoisotopic (exact) mass is 552 g/mol. The van der Waals surface area contributed by atoms with E-state index in [0.29, 0.717) is 22.7 Å². The van der Waals surface area contributed by atoms with Gasteiger partial charge in [-0.1, -0.05) is 35.0 Å². The van der Waals surface area contributed by atoms with Crippen LogP contribution >= 0.6 is 11.6 Å². The van der Waals surface area contributed by atoms with E-state index in [-0.39, 0.29) is 59.3 Å². The molecule has 0 amide bonds. The molecule has 3 aromatic carbocycles. The molecule has 39 heavy (non-hydrogen) atoms. The Labute approximate surface area is 229 Å². The van der Waals surface area contributed by atoms with Crippen LogP contribution in [0.1, 0.15) is 29.3 Å². The van der Waals surface area contributed by atoms with Crippen LogP contribution in [-0.2, 0) is 0 Å².